The monoisotopic (exact) mass is 307 g/mol. The molecule has 5 nitrogen and oxygen atoms in total. The highest BCUT2D eigenvalue weighted by Gasteiger charge is 2.38. The van der Waals surface area contributed by atoms with Gasteiger partial charge in [-0.05, 0) is 31.7 Å². The minimum atomic E-state index is -1.02. The first-order valence-corrected chi connectivity index (χ1v) is 7.08. The Morgan fingerprint density at radius 2 is 2.14 bits per heavy atom. The number of nitrogens with one attached hydrogen (secondary N) is 1. The van der Waals surface area contributed by atoms with E-state index in [1.807, 2.05) is 6.07 Å². The number of halogens is 1. The topological polar surface area (TPSA) is 79.5 Å². The third kappa shape index (κ3) is 2.49. The minimum absolute atomic E-state index is 0.0136. The van der Waals surface area contributed by atoms with E-state index in [-0.39, 0.29) is 11.7 Å². The van der Waals surface area contributed by atoms with Gasteiger partial charge in [-0.15, -0.1) is 0 Å². The van der Waals surface area contributed by atoms with Crippen LogP contribution in [-0.2, 0) is 4.79 Å². The van der Waals surface area contributed by atoms with Gasteiger partial charge in [-0.25, -0.2) is 4.79 Å². The van der Waals surface area contributed by atoms with Crippen LogP contribution in [0.2, 0.25) is 5.02 Å². The zero-order chi connectivity index (χ0) is 15.1. The summed E-state index contributed by atoms with van der Waals surface area (Å²) in [5, 5.41) is 12.9. The molecule has 0 bridgehead atoms. The second-order valence-corrected chi connectivity index (χ2v) is 5.71. The SMILES string of the molecule is Cc1c(C(=O)NC(C(=O)O)C2CC2)oc2c(Cl)cccc12. The molecule has 1 atom stereocenters. The lowest BCUT2D eigenvalue weighted by molar-refractivity contribution is -0.139. The first-order chi connectivity index (χ1) is 9.99. The van der Waals surface area contributed by atoms with Crippen LogP contribution in [0.4, 0.5) is 0 Å². The number of hydrogen-bond donors (Lipinski definition) is 2. The summed E-state index contributed by atoms with van der Waals surface area (Å²) in [6, 6.07) is 4.41. The number of benzene rings is 1. The molecule has 21 heavy (non-hydrogen) atoms. The lowest BCUT2D eigenvalue weighted by atomic mass is 10.1. The Morgan fingerprint density at radius 3 is 2.71 bits per heavy atom. The van der Waals surface area contributed by atoms with Crippen LogP contribution in [0.1, 0.15) is 29.0 Å². The minimum Gasteiger partial charge on any atom is -0.480 e. The molecule has 1 saturated carbocycles. The Kier molecular flexibility index (Phi) is 3.37. The quantitative estimate of drug-likeness (QED) is 0.910. The Bertz CT molecular complexity index is 733. The second-order valence-electron chi connectivity index (χ2n) is 5.30. The average molecular weight is 308 g/mol. The summed E-state index contributed by atoms with van der Waals surface area (Å²) in [5.74, 6) is -1.40. The molecule has 2 N–H and O–H groups in total. The van der Waals surface area contributed by atoms with E-state index >= 15 is 0 Å². The number of aliphatic carboxylic acids is 1. The fourth-order valence-corrected chi connectivity index (χ4v) is 2.66. The van der Waals surface area contributed by atoms with Crippen molar-refractivity contribution in [1.29, 1.82) is 0 Å². The molecule has 2 aromatic rings. The van der Waals surface area contributed by atoms with Crippen LogP contribution in [0.15, 0.2) is 22.6 Å². The van der Waals surface area contributed by atoms with E-state index in [9.17, 15) is 9.59 Å². The number of para-hydroxylation sites is 1. The summed E-state index contributed by atoms with van der Waals surface area (Å²) >= 11 is 6.04. The van der Waals surface area contributed by atoms with Crippen molar-refractivity contribution in [3.8, 4) is 0 Å². The predicted octanol–water partition coefficient (Wildman–Crippen LogP) is 2.99. The van der Waals surface area contributed by atoms with Crippen LogP contribution in [0, 0.1) is 12.8 Å². The molecular formula is C15H14ClNO4. The Labute approximate surface area is 125 Å². The summed E-state index contributed by atoms with van der Waals surface area (Å²) < 4.78 is 5.54. The first-order valence-electron chi connectivity index (χ1n) is 6.70. The van der Waals surface area contributed by atoms with E-state index < -0.39 is 17.9 Å². The third-order valence-electron chi connectivity index (χ3n) is 3.77. The lowest BCUT2D eigenvalue weighted by Crippen LogP contribution is -2.42. The highest BCUT2D eigenvalue weighted by atomic mass is 35.5. The van der Waals surface area contributed by atoms with E-state index in [1.54, 1.807) is 19.1 Å². The maximum Gasteiger partial charge on any atom is 0.326 e. The Balaban J connectivity index is 1.92. The van der Waals surface area contributed by atoms with E-state index in [2.05, 4.69) is 5.32 Å². The van der Waals surface area contributed by atoms with Gasteiger partial charge >= 0.3 is 5.97 Å². The van der Waals surface area contributed by atoms with Crippen molar-refractivity contribution in [2.45, 2.75) is 25.8 Å². The maximum atomic E-state index is 12.3. The molecule has 1 aliphatic rings. The van der Waals surface area contributed by atoms with Gasteiger partial charge in [0.05, 0.1) is 5.02 Å². The highest BCUT2D eigenvalue weighted by Crippen LogP contribution is 2.34. The zero-order valence-electron chi connectivity index (χ0n) is 11.4. The third-order valence-corrected chi connectivity index (χ3v) is 4.07. The first kappa shape index (κ1) is 13.9. The number of carboxylic acid groups (broad SMARTS) is 1. The molecule has 0 aliphatic heterocycles. The van der Waals surface area contributed by atoms with Gasteiger partial charge in [-0.1, -0.05) is 23.7 Å². The number of carbonyl (C=O) groups excluding carboxylic acids is 1. The fraction of sp³-hybridized carbons (Fsp3) is 0.333. The summed E-state index contributed by atoms with van der Waals surface area (Å²) in [6.07, 6.45) is 1.64. The molecule has 1 amide bonds. The summed E-state index contributed by atoms with van der Waals surface area (Å²) in [4.78, 5) is 23.5. The molecule has 6 heteroatoms. The normalized spacial score (nSPS) is 15.9. The summed E-state index contributed by atoms with van der Waals surface area (Å²) in [6.45, 7) is 1.75. The number of rotatable bonds is 4. The molecule has 1 aromatic heterocycles. The molecule has 1 unspecified atom stereocenters. The number of aryl methyl sites for hydroxylation is 1. The van der Waals surface area contributed by atoms with E-state index in [0.717, 1.165) is 18.2 Å². The zero-order valence-corrected chi connectivity index (χ0v) is 12.1. The Morgan fingerprint density at radius 1 is 1.43 bits per heavy atom. The van der Waals surface area contributed by atoms with Crippen molar-refractivity contribution in [3.05, 3.63) is 34.5 Å². The molecule has 0 spiro atoms. The van der Waals surface area contributed by atoms with Gasteiger partial charge in [0.1, 0.15) is 6.04 Å². The molecule has 110 valence electrons. The fourth-order valence-electron chi connectivity index (χ4n) is 2.44. The van der Waals surface area contributed by atoms with Crippen molar-refractivity contribution in [2.75, 3.05) is 0 Å². The van der Waals surface area contributed by atoms with Gasteiger partial charge in [-0.3, -0.25) is 4.79 Å². The van der Waals surface area contributed by atoms with Crippen LogP contribution in [-0.4, -0.2) is 23.0 Å². The molecule has 1 fully saturated rings. The summed E-state index contributed by atoms with van der Waals surface area (Å²) in [7, 11) is 0. The number of amides is 1. The molecule has 1 heterocycles. The van der Waals surface area contributed by atoms with Crippen molar-refractivity contribution in [3.63, 3.8) is 0 Å². The van der Waals surface area contributed by atoms with Crippen molar-refractivity contribution < 1.29 is 19.1 Å². The number of carboxylic acids is 1. The van der Waals surface area contributed by atoms with Gasteiger partial charge in [0.15, 0.2) is 11.3 Å². The molecule has 1 aliphatic carbocycles. The van der Waals surface area contributed by atoms with Crippen molar-refractivity contribution >= 4 is 34.4 Å². The number of carbonyl (C=O) groups is 2. The van der Waals surface area contributed by atoms with Crippen LogP contribution in [0.3, 0.4) is 0 Å². The summed E-state index contributed by atoms with van der Waals surface area (Å²) in [5.41, 5.74) is 1.10. The van der Waals surface area contributed by atoms with Gasteiger partial charge in [0, 0.05) is 10.9 Å². The van der Waals surface area contributed by atoms with Crippen molar-refractivity contribution in [1.82, 2.24) is 5.32 Å². The van der Waals surface area contributed by atoms with E-state index in [4.69, 9.17) is 21.1 Å². The molecule has 0 radical (unpaired) electrons. The Hall–Kier alpha value is -2.01. The van der Waals surface area contributed by atoms with E-state index in [1.165, 1.54) is 0 Å². The van der Waals surface area contributed by atoms with Gasteiger partial charge in [-0.2, -0.15) is 0 Å². The smallest absolute Gasteiger partial charge is 0.326 e. The largest absolute Gasteiger partial charge is 0.480 e. The van der Waals surface area contributed by atoms with Crippen LogP contribution in [0.5, 0.6) is 0 Å². The highest BCUT2D eigenvalue weighted by molar-refractivity contribution is 6.35. The standard InChI is InChI=1S/C15H14ClNO4/c1-7-9-3-2-4-10(16)13(9)21-12(7)14(18)17-11(15(19)20)8-5-6-8/h2-4,8,11H,5-6H2,1H3,(H,17,18)(H,19,20). The van der Waals surface area contributed by atoms with Gasteiger partial charge in [0.25, 0.3) is 5.91 Å². The molecular weight excluding hydrogens is 294 g/mol. The number of hydrogen-bond acceptors (Lipinski definition) is 3. The van der Waals surface area contributed by atoms with Crippen LogP contribution < -0.4 is 5.32 Å². The average Bonchev–Trinajstić information content (AvgIpc) is 3.21. The molecule has 1 aromatic carbocycles. The number of fused-ring (bicyclic) bond motifs is 1. The predicted molar refractivity (Wildman–Crippen MR) is 77.6 cm³/mol. The molecule has 0 saturated heterocycles. The van der Waals surface area contributed by atoms with Gasteiger partial charge < -0.3 is 14.8 Å². The lowest BCUT2D eigenvalue weighted by Gasteiger charge is -2.12. The van der Waals surface area contributed by atoms with Crippen LogP contribution in [0.25, 0.3) is 11.0 Å². The second kappa shape index (κ2) is 5.07. The van der Waals surface area contributed by atoms with Gasteiger partial charge in [0.2, 0.25) is 0 Å². The number of furan rings is 1. The van der Waals surface area contributed by atoms with Crippen molar-refractivity contribution in [2.24, 2.45) is 5.92 Å². The van der Waals surface area contributed by atoms with Crippen LogP contribution >= 0.6 is 11.6 Å². The molecule has 3 rings (SSSR count). The maximum absolute atomic E-state index is 12.3. The van der Waals surface area contributed by atoms with E-state index in [0.29, 0.717) is 16.2 Å².